The molecule has 4 heteroatoms. The van der Waals surface area contributed by atoms with Crippen LogP contribution in [0.1, 0.15) is 18.1 Å². The molecule has 1 unspecified atom stereocenters. The highest BCUT2D eigenvalue weighted by Gasteiger charge is 2.86. The molecule has 0 heterocycles. The zero-order chi connectivity index (χ0) is 13.8. The molecule has 100 valence electrons. The van der Waals surface area contributed by atoms with E-state index in [4.69, 9.17) is 9.47 Å². The maximum Gasteiger partial charge on any atom is 0.324 e. The van der Waals surface area contributed by atoms with Gasteiger partial charge in [-0.1, -0.05) is 31.2 Å². The van der Waals surface area contributed by atoms with Gasteiger partial charge in [-0.15, -0.1) is 0 Å². The van der Waals surface area contributed by atoms with Crippen molar-refractivity contribution in [1.29, 1.82) is 0 Å². The molecule has 0 N–H and O–H groups in total. The van der Waals surface area contributed by atoms with Gasteiger partial charge in [0.15, 0.2) is 5.41 Å². The number of carbonyl (C=O) groups is 2. The SMILES string of the molecule is COC(=O)C1(C(=O)OC)C2Cc3ccccc3[C@@]21C. The van der Waals surface area contributed by atoms with Crippen LogP contribution in [0.5, 0.6) is 0 Å². The molecule has 0 bridgehead atoms. The third-order valence-electron chi connectivity index (χ3n) is 4.97. The summed E-state index contributed by atoms with van der Waals surface area (Å²) in [4.78, 5) is 24.4. The minimum absolute atomic E-state index is 0.0581. The van der Waals surface area contributed by atoms with Crippen molar-refractivity contribution in [3.05, 3.63) is 35.4 Å². The number of benzene rings is 1. The first-order chi connectivity index (χ1) is 9.05. The molecule has 2 aliphatic carbocycles. The fraction of sp³-hybridized carbons (Fsp3) is 0.467. The average Bonchev–Trinajstić information content (AvgIpc) is 2.84. The molecule has 3 rings (SSSR count). The fourth-order valence-electron chi connectivity index (χ4n) is 4.01. The van der Waals surface area contributed by atoms with Gasteiger partial charge in [-0.2, -0.15) is 0 Å². The first kappa shape index (κ1) is 12.2. The van der Waals surface area contributed by atoms with Crippen LogP contribution in [0.2, 0.25) is 0 Å². The Morgan fingerprint density at radius 3 is 2.32 bits per heavy atom. The molecule has 0 aromatic heterocycles. The molecule has 1 saturated carbocycles. The van der Waals surface area contributed by atoms with Crippen LogP contribution in [-0.4, -0.2) is 26.2 Å². The van der Waals surface area contributed by atoms with Gasteiger partial charge in [0.1, 0.15) is 0 Å². The molecular formula is C15H16O4. The van der Waals surface area contributed by atoms with Gasteiger partial charge in [-0.3, -0.25) is 9.59 Å². The van der Waals surface area contributed by atoms with Crippen LogP contribution >= 0.6 is 0 Å². The first-order valence-electron chi connectivity index (χ1n) is 6.30. The zero-order valence-electron chi connectivity index (χ0n) is 11.2. The second-order valence-electron chi connectivity index (χ2n) is 5.41. The molecule has 19 heavy (non-hydrogen) atoms. The molecule has 2 atom stereocenters. The largest absolute Gasteiger partial charge is 0.468 e. The van der Waals surface area contributed by atoms with Gasteiger partial charge in [-0.05, 0) is 17.5 Å². The quantitative estimate of drug-likeness (QED) is 0.597. The van der Waals surface area contributed by atoms with Gasteiger partial charge >= 0.3 is 11.9 Å². The summed E-state index contributed by atoms with van der Waals surface area (Å²) >= 11 is 0. The lowest BCUT2D eigenvalue weighted by Crippen LogP contribution is -2.36. The molecule has 1 aromatic rings. The van der Waals surface area contributed by atoms with Crippen molar-refractivity contribution in [2.75, 3.05) is 14.2 Å². The number of fused-ring (bicyclic) bond motifs is 3. The molecule has 0 spiro atoms. The Labute approximate surface area is 111 Å². The van der Waals surface area contributed by atoms with E-state index in [-0.39, 0.29) is 5.92 Å². The lowest BCUT2D eigenvalue weighted by Gasteiger charge is -2.21. The summed E-state index contributed by atoms with van der Waals surface area (Å²) in [5.74, 6) is -1.03. The van der Waals surface area contributed by atoms with E-state index in [1.807, 2.05) is 31.2 Å². The van der Waals surface area contributed by atoms with Crippen molar-refractivity contribution >= 4 is 11.9 Å². The summed E-state index contributed by atoms with van der Waals surface area (Å²) in [5.41, 5.74) is 0.614. The van der Waals surface area contributed by atoms with Crippen LogP contribution in [-0.2, 0) is 30.9 Å². The lowest BCUT2D eigenvalue weighted by atomic mass is 9.84. The summed E-state index contributed by atoms with van der Waals surface area (Å²) in [6.45, 7) is 1.96. The van der Waals surface area contributed by atoms with Crippen molar-refractivity contribution in [3.63, 3.8) is 0 Å². The van der Waals surface area contributed by atoms with Crippen LogP contribution in [0, 0.1) is 11.3 Å². The van der Waals surface area contributed by atoms with Crippen LogP contribution in [0.3, 0.4) is 0 Å². The van der Waals surface area contributed by atoms with Gasteiger partial charge in [0.2, 0.25) is 0 Å². The number of hydrogen-bond acceptors (Lipinski definition) is 4. The van der Waals surface area contributed by atoms with Crippen molar-refractivity contribution < 1.29 is 19.1 Å². The van der Waals surface area contributed by atoms with Crippen molar-refractivity contribution in [1.82, 2.24) is 0 Å². The Kier molecular flexibility index (Phi) is 2.31. The Morgan fingerprint density at radius 1 is 1.16 bits per heavy atom. The Morgan fingerprint density at radius 2 is 1.74 bits per heavy atom. The molecule has 0 amide bonds. The minimum atomic E-state index is -1.16. The first-order valence-corrected chi connectivity index (χ1v) is 6.30. The van der Waals surface area contributed by atoms with Gasteiger partial charge in [0.25, 0.3) is 0 Å². The Bertz CT molecular complexity index is 561. The van der Waals surface area contributed by atoms with Crippen LogP contribution in [0.25, 0.3) is 0 Å². The van der Waals surface area contributed by atoms with Crippen LogP contribution < -0.4 is 0 Å². The van der Waals surface area contributed by atoms with Crippen molar-refractivity contribution in [2.24, 2.45) is 11.3 Å². The van der Waals surface area contributed by atoms with Gasteiger partial charge in [0.05, 0.1) is 14.2 Å². The molecule has 1 fully saturated rings. The van der Waals surface area contributed by atoms with E-state index in [1.54, 1.807) is 0 Å². The topological polar surface area (TPSA) is 52.6 Å². The monoisotopic (exact) mass is 260 g/mol. The van der Waals surface area contributed by atoms with Gasteiger partial charge in [0, 0.05) is 11.3 Å². The van der Waals surface area contributed by atoms with Gasteiger partial charge < -0.3 is 9.47 Å². The molecule has 0 saturated heterocycles. The second-order valence-corrected chi connectivity index (χ2v) is 5.41. The zero-order valence-corrected chi connectivity index (χ0v) is 11.2. The third kappa shape index (κ3) is 1.10. The average molecular weight is 260 g/mol. The van der Waals surface area contributed by atoms with E-state index in [9.17, 15) is 9.59 Å². The second kappa shape index (κ2) is 3.59. The molecule has 2 aliphatic rings. The predicted octanol–water partition coefficient (Wildman–Crippen LogP) is 1.46. The number of hydrogen-bond donors (Lipinski definition) is 0. The fourth-order valence-corrected chi connectivity index (χ4v) is 4.01. The Hall–Kier alpha value is -1.84. The number of carbonyl (C=O) groups excluding carboxylic acids is 2. The number of methoxy groups -OCH3 is 2. The van der Waals surface area contributed by atoms with Gasteiger partial charge in [-0.25, -0.2) is 0 Å². The molecule has 4 nitrogen and oxygen atoms in total. The van der Waals surface area contributed by atoms with Crippen molar-refractivity contribution in [2.45, 2.75) is 18.8 Å². The summed E-state index contributed by atoms with van der Waals surface area (Å²) in [5, 5.41) is 0. The number of esters is 2. The van der Waals surface area contributed by atoms with Crippen molar-refractivity contribution in [3.8, 4) is 0 Å². The summed E-state index contributed by atoms with van der Waals surface area (Å²) in [6.07, 6.45) is 0.719. The highest BCUT2D eigenvalue weighted by molar-refractivity contribution is 6.08. The molecule has 0 aliphatic heterocycles. The van der Waals surface area contributed by atoms with E-state index in [0.717, 1.165) is 12.0 Å². The Balaban J connectivity index is 2.15. The third-order valence-corrected chi connectivity index (χ3v) is 4.97. The van der Waals surface area contributed by atoms with E-state index < -0.39 is 22.8 Å². The number of rotatable bonds is 2. The highest BCUT2D eigenvalue weighted by atomic mass is 16.5. The summed E-state index contributed by atoms with van der Waals surface area (Å²) in [7, 11) is 2.63. The predicted molar refractivity (Wildman–Crippen MR) is 67.5 cm³/mol. The maximum absolute atomic E-state index is 12.2. The summed E-state index contributed by atoms with van der Waals surface area (Å²) < 4.78 is 9.75. The van der Waals surface area contributed by atoms with Crippen LogP contribution in [0.15, 0.2) is 24.3 Å². The molecular weight excluding hydrogens is 244 g/mol. The van der Waals surface area contributed by atoms with E-state index in [1.165, 1.54) is 19.8 Å². The molecule has 1 aromatic carbocycles. The highest BCUT2D eigenvalue weighted by Crippen LogP contribution is 2.75. The lowest BCUT2D eigenvalue weighted by molar-refractivity contribution is -0.163. The van der Waals surface area contributed by atoms with Crippen LogP contribution in [0.4, 0.5) is 0 Å². The maximum atomic E-state index is 12.2. The standard InChI is InChI=1S/C15H16O4/c1-14-10-7-5-4-6-9(10)8-11(14)15(14,12(16)18-2)13(17)19-3/h4-7,11H,8H2,1-3H3/t11?,14-/m0/s1. The number of ether oxygens (including phenoxy) is 2. The molecule has 0 radical (unpaired) electrons. The van der Waals surface area contributed by atoms with E-state index in [0.29, 0.717) is 0 Å². The normalized spacial score (nSPS) is 29.1. The van der Waals surface area contributed by atoms with E-state index in [2.05, 4.69) is 0 Å². The minimum Gasteiger partial charge on any atom is -0.468 e. The summed E-state index contributed by atoms with van der Waals surface area (Å²) in [6, 6.07) is 7.95. The smallest absolute Gasteiger partial charge is 0.324 e. The van der Waals surface area contributed by atoms with E-state index >= 15 is 0 Å².